The molecule has 2 aliphatic rings. The van der Waals surface area contributed by atoms with Crippen molar-refractivity contribution in [2.45, 2.75) is 32.1 Å². The Labute approximate surface area is 123 Å². The molecule has 1 aliphatic heterocycles. The Kier molecular flexibility index (Phi) is 3.73. The first-order valence-electron chi connectivity index (χ1n) is 7.38. The fraction of sp³-hybridized carbons (Fsp3) is 0.438. The lowest BCUT2D eigenvalue weighted by molar-refractivity contribution is -0.122. The number of amides is 2. The second-order valence-corrected chi connectivity index (χ2v) is 5.76. The summed E-state index contributed by atoms with van der Waals surface area (Å²) in [6.45, 7) is 0.570. The summed E-state index contributed by atoms with van der Waals surface area (Å²) in [6, 6.07) is 3.40. The van der Waals surface area contributed by atoms with Gasteiger partial charge in [0.25, 0.3) is 5.91 Å². The Morgan fingerprint density at radius 3 is 2.95 bits per heavy atom. The van der Waals surface area contributed by atoms with Crippen LogP contribution in [0, 0.1) is 5.41 Å². The molecule has 3 rings (SSSR count). The SMILES string of the molecule is O=C1CC[C@]2(CNC(=O)c3ccncc3)CCCC=C2N1. The Balaban J connectivity index is 1.71. The van der Waals surface area contributed by atoms with Gasteiger partial charge in [0.1, 0.15) is 0 Å². The van der Waals surface area contributed by atoms with Gasteiger partial charge in [-0.3, -0.25) is 14.6 Å². The number of nitrogens with one attached hydrogen (secondary N) is 2. The Hall–Kier alpha value is -2.17. The van der Waals surface area contributed by atoms with Gasteiger partial charge in [-0.15, -0.1) is 0 Å². The van der Waals surface area contributed by atoms with Crippen molar-refractivity contribution in [3.63, 3.8) is 0 Å². The molecule has 1 aliphatic carbocycles. The number of hydrogen-bond donors (Lipinski definition) is 2. The maximum absolute atomic E-state index is 12.2. The molecule has 0 saturated carbocycles. The van der Waals surface area contributed by atoms with Crippen LogP contribution >= 0.6 is 0 Å². The van der Waals surface area contributed by atoms with E-state index in [1.54, 1.807) is 24.5 Å². The van der Waals surface area contributed by atoms with Gasteiger partial charge in [-0.25, -0.2) is 0 Å². The van der Waals surface area contributed by atoms with E-state index in [0.29, 0.717) is 18.5 Å². The summed E-state index contributed by atoms with van der Waals surface area (Å²) in [5, 5.41) is 6.00. The average Bonchev–Trinajstić information content (AvgIpc) is 2.54. The molecule has 2 N–H and O–H groups in total. The molecule has 0 unspecified atom stereocenters. The number of fused-ring (bicyclic) bond motifs is 1. The van der Waals surface area contributed by atoms with Gasteiger partial charge < -0.3 is 10.6 Å². The van der Waals surface area contributed by atoms with Crippen LogP contribution in [0.5, 0.6) is 0 Å². The molecule has 1 fully saturated rings. The van der Waals surface area contributed by atoms with Crippen LogP contribution in [0.15, 0.2) is 36.3 Å². The highest BCUT2D eigenvalue weighted by molar-refractivity contribution is 5.94. The predicted octanol–water partition coefficient (Wildman–Crippen LogP) is 1.78. The number of nitrogens with zero attached hydrogens (tertiary/aromatic N) is 1. The molecule has 21 heavy (non-hydrogen) atoms. The molecular weight excluding hydrogens is 266 g/mol. The van der Waals surface area contributed by atoms with Crippen molar-refractivity contribution < 1.29 is 9.59 Å². The van der Waals surface area contributed by atoms with Crippen LogP contribution in [0.25, 0.3) is 0 Å². The van der Waals surface area contributed by atoms with Crippen LogP contribution in [-0.2, 0) is 4.79 Å². The fourth-order valence-electron chi connectivity index (χ4n) is 3.17. The zero-order chi connectivity index (χ0) is 14.7. The molecule has 2 amide bonds. The molecule has 5 nitrogen and oxygen atoms in total. The Bertz CT molecular complexity index is 582. The minimum absolute atomic E-state index is 0.0826. The Morgan fingerprint density at radius 1 is 1.33 bits per heavy atom. The highest BCUT2D eigenvalue weighted by atomic mass is 16.2. The number of carbonyl (C=O) groups is 2. The topological polar surface area (TPSA) is 71.1 Å². The standard InChI is InChI=1S/C16H19N3O2/c20-14-4-8-16(7-2-1-3-13(16)19-14)11-18-15(21)12-5-9-17-10-6-12/h3,5-6,9-10H,1-2,4,7-8,11H2,(H,18,21)(H,19,20)/t16-/m0/s1. The van der Waals surface area contributed by atoms with Gasteiger partial charge in [0.15, 0.2) is 0 Å². The number of pyridine rings is 1. The van der Waals surface area contributed by atoms with Crippen LogP contribution in [0.1, 0.15) is 42.5 Å². The average molecular weight is 285 g/mol. The number of allylic oxidation sites excluding steroid dienone is 1. The third-order valence-electron chi connectivity index (χ3n) is 4.41. The summed E-state index contributed by atoms with van der Waals surface area (Å²) < 4.78 is 0. The van der Waals surface area contributed by atoms with Crippen LogP contribution in [-0.4, -0.2) is 23.3 Å². The van der Waals surface area contributed by atoms with E-state index in [2.05, 4.69) is 21.7 Å². The third-order valence-corrected chi connectivity index (χ3v) is 4.41. The van der Waals surface area contributed by atoms with Gasteiger partial charge >= 0.3 is 0 Å². The van der Waals surface area contributed by atoms with Crippen LogP contribution in [0.3, 0.4) is 0 Å². The third kappa shape index (κ3) is 2.82. The smallest absolute Gasteiger partial charge is 0.251 e. The Morgan fingerprint density at radius 2 is 2.14 bits per heavy atom. The normalized spacial score (nSPS) is 24.6. The van der Waals surface area contributed by atoms with Gasteiger partial charge in [0.05, 0.1) is 0 Å². The monoisotopic (exact) mass is 285 g/mol. The minimum atomic E-state index is -0.102. The van der Waals surface area contributed by atoms with Gasteiger partial charge in [0.2, 0.25) is 5.91 Å². The molecule has 0 radical (unpaired) electrons. The first-order chi connectivity index (χ1) is 10.2. The first-order valence-corrected chi connectivity index (χ1v) is 7.38. The summed E-state index contributed by atoms with van der Waals surface area (Å²) in [4.78, 5) is 27.7. The number of carbonyl (C=O) groups excluding carboxylic acids is 2. The highest BCUT2D eigenvalue weighted by Gasteiger charge is 2.40. The maximum atomic E-state index is 12.2. The van der Waals surface area contributed by atoms with E-state index in [9.17, 15) is 9.59 Å². The van der Waals surface area contributed by atoms with Gasteiger partial charge in [-0.05, 0) is 37.8 Å². The number of hydrogen-bond acceptors (Lipinski definition) is 3. The molecule has 1 saturated heterocycles. The molecule has 5 heteroatoms. The van der Waals surface area contributed by atoms with E-state index in [1.807, 2.05) is 0 Å². The van der Waals surface area contributed by atoms with Crippen molar-refractivity contribution in [3.8, 4) is 0 Å². The molecule has 1 aromatic rings. The highest BCUT2D eigenvalue weighted by Crippen LogP contribution is 2.42. The second-order valence-electron chi connectivity index (χ2n) is 5.76. The van der Waals surface area contributed by atoms with Crippen molar-refractivity contribution in [1.29, 1.82) is 0 Å². The molecule has 0 bridgehead atoms. The van der Waals surface area contributed by atoms with Gasteiger partial charge in [-0.1, -0.05) is 6.08 Å². The zero-order valence-electron chi connectivity index (χ0n) is 11.9. The first kappa shape index (κ1) is 13.8. The van der Waals surface area contributed by atoms with Crippen molar-refractivity contribution in [2.24, 2.45) is 5.41 Å². The van der Waals surface area contributed by atoms with E-state index >= 15 is 0 Å². The predicted molar refractivity (Wildman–Crippen MR) is 78.3 cm³/mol. The van der Waals surface area contributed by atoms with Crippen molar-refractivity contribution in [3.05, 3.63) is 41.9 Å². The summed E-state index contributed by atoms with van der Waals surface area (Å²) in [7, 11) is 0. The molecule has 0 aromatic carbocycles. The maximum Gasteiger partial charge on any atom is 0.251 e. The molecule has 110 valence electrons. The van der Waals surface area contributed by atoms with Crippen molar-refractivity contribution in [2.75, 3.05) is 6.54 Å². The lowest BCUT2D eigenvalue weighted by atomic mass is 9.70. The van der Waals surface area contributed by atoms with Crippen LogP contribution in [0.2, 0.25) is 0 Å². The molecule has 2 heterocycles. The van der Waals surface area contributed by atoms with Gasteiger partial charge in [-0.2, -0.15) is 0 Å². The fourth-order valence-corrected chi connectivity index (χ4v) is 3.17. The number of aromatic nitrogens is 1. The van der Waals surface area contributed by atoms with E-state index in [1.165, 1.54) is 0 Å². The minimum Gasteiger partial charge on any atom is -0.351 e. The van der Waals surface area contributed by atoms with E-state index in [-0.39, 0.29) is 17.2 Å². The van der Waals surface area contributed by atoms with Crippen molar-refractivity contribution in [1.82, 2.24) is 15.6 Å². The van der Waals surface area contributed by atoms with Crippen LogP contribution < -0.4 is 10.6 Å². The van der Waals surface area contributed by atoms with E-state index in [0.717, 1.165) is 31.4 Å². The molecule has 1 aromatic heterocycles. The van der Waals surface area contributed by atoms with Gasteiger partial charge in [0, 0.05) is 42.0 Å². The summed E-state index contributed by atoms with van der Waals surface area (Å²) in [5.41, 5.74) is 1.51. The quantitative estimate of drug-likeness (QED) is 0.889. The second kappa shape index (κ2) is 5.68. The number of piperidine rings is 1. The molecular formula is C16H19N3O2. The van der Waals surface area contributed by atoms with Crippen molar-refractivity contribution >= 4 is 11.8 Å². The number of rotatable bonds is 3. The lowest BCUT2D eigenvalue weighted by Crippen LogP contribution is -2.48. The summed E-state index contributed by atoms with van der Waals surface area (Å²) in [5.74, 6) is -0.00664. The molecule has 0 spiro atoms. The van der Waals surface area contributed by atoms with Crippen LogP contribution in [0.4, 0.5) is 0 Å². The summed E-state index contributed by atoms with van der Waals surface area (Å²) in [6.07, 6.45) is 9.78. The largest absolute Gasteiger partial charge is 0.351 e. The van der Waals surface area contributed by atoms with E-state index in [4.69, 9.17) is 0 Å². The molecule has 1 atom stereocenters. The summed E-state index contributed by atoms with van der Waals surface area (Å²) >= 11 is 0. The zero-order valence-corrected chi connectivity index (χ0v) is 11.9. The lowest BCUT2D eigenvalue weighted by Gasteiger charge is -2.42. The van der Waals surface area contributed by atoms with E-state index < -0.39 is 0 Å².